The Morgan fingerprint density at radius 1 is 1.45 bits per heavy atom. The van der Waals surface area contributed by atoms with E-state index in [2.05, 4.69) is 15.9 Å². The van der Waals surface area contributed by atoms with Gasteiger partial charge in [-0.3, -0.25) is 9.59 Å². The summed E-state index contributed by atoms with van der Waals surface area (Å²) in [5.41, 5.74) is 0.196. The number of carboxylic acids is 1. The molecule has 1 aromatic carbocycles. The van der Waals surface area contributed by atoms with Crippen LogP contribution in [-0.4, -0.2) is 51.1 Å². The number of rotatable bonds is 3. The van der Waals surface area contributed by atoms with Crippen LogP contribution in [-0.2, 0) is 4.79 Å². The number of halogens is 1. The number of phenols is 1. The summed E-state index contributed by atoms with van der Waals surface area (Å²) in [6.45, 7) is 0.493. The summed E-state index contributed by atoms with van der Waals surface area (Å²) in [6.07, 6.45) is -0.0759. The van der Waals surface area contributed by atoms with E-state index in [0.717, 1.165) is 5.75 Å². The van der Waals surface area contributed by atoms with Crippen LogP contribution in [0.3, 0.4) is 0 Å². The third-order valence-corrected chi connectivity index (χ3v) is 4.67. The number of benzene rings is 1. The first kappa shape index (κ1) is 15.2. The van der Waals surface area contributed by atoms with E-state index in [1.54, 1.807) is 28.8 Å². The molecule has 1 aliphatic rings. The maximum atomic E-state index is 12.5. The molecule has 108 valence electrons. The van der Waals surface area contributed by atoms with Crippen molar-refractivity contribution >= 4 is 39.6 Å². The third-order valence-electron chi connectivity index (χ3n) is 3.09. The summed E-state index contributed by atoms with van der Waals surface area (Å²) in [7, 11) is 0. The Morgan fingerprint density at radius 2 is 2.20 bits per heavy atom. The van der Waals surface area contributed by atoms with E-state index in [0.29, 0.717) is 16.8 Å². The van der Waals surface area contributed by atoms with E-state index < -0.39 is 5.97 Å². The molecule has 20 heavy (non-hydrogen) atoms. The van der Waals surface area contributed by atoms with Crippen molar-refractivity contribution in [3.05, 3.63) is 28.2 Å². The Labute approximate surface area is 129 Å². The van der Waals surface area contributed by atoms with Crippen molar-refractivity contribution in [1.82, 2.24) is 4.90 Å². The molecule has 0 spiro atoms. The van der Waals surface area contributed by atoms with Crippen LogP contribution < -0.4 is 0 Å². The number of nitrogens with zero attached hydrogens (tertiary/aromatic N) is 1. The van der Waals surface area contributed by atoms with Gasteiger partial charge in [0.15, 0.2) is 0 Å². The molecule has 1 aromatic rings. The van der Waals surface area contributed by atoms with Gasteiger partial charge in [0.25, 0.3) is 5.91 Å². The number of phenolic OH excluding ortho intramolecular Hbond substituents is 1. The molecule has 0 aliphatic carbocycles. The normalized spacial score (nSPS) is 18.9. The van der Waals surface area contributed by atoms with Gasteiger partial charge in [0, 0.05) is 22.5 Å². The number of thioether (sulfide) groups is 1. The number of amides is 1. The van der Waals surface area contributed by atoms with Gasteiger partial charge in [-0.15, -0.1) is 0 Å². The van der Waals surface area contributed by atoms with Gasteiger partial charge in [-0.05, 0) is 18.2 Å². The lowest BCUT2D eigenvalue weighted by molar-refractivity contribution is -0.138. The van der Waals surface area contributed by atoms with Crippen LogP contribution in [0.1, 0.15) is 16.8 Å². The van der Waals surface area contributed by atoms with Crippen LogP contribution >= 0.6 is 27.7 Å². The van der Waals surface area contributed by atoms with Gasteiger partial charge in [-0.1, -0.05) is 15.9 Å². The highest BCUT2D eigenvalue weighted by molar-refractivity contribution is 9.10. The van der Waals surface area contributed by atoms with Crippen LogP contribution in [0, 0.1) is 0 Å². The molecule has 2 rings (SSSR count). The number of hydrogen-bond donors (Lipinski definition) is 2. The highest BCUT2D eigenvalue weighted by atomic mass is 79.9. The number of hydrogen-bond acceptors (Lipinski definition) is 4. The van der Waals surface area contributed by atoms with Crippen LogP contribution in [0.4, 0.5) is 0 Å². The van der Waals surface area contributed by atoms with Crippen molar-refractivity contribution in [2.45, 2.75) is 12.5 Å². The molecule has 5 nitrogen and oxygen atoms in total. The number of carbonyl (C=O) groups is 2. The summed E-state index contributed by atoms with van der Waals surface area (Å²) in [4.78, 5) is 24.9. The van der Waals surface area contributed by atoms with E-state index in [1.807, 2.05) is 0 Å². The smallest absolute Gasteiger partial charge is 0.305 e. The molecule has 0 radical (unpaired) electrons. The van der Waals surface area contributed by atoms with E-state index in [4.69, 9.17) is 5.11 Å². The van der Waals surface area contributed by atoms with Crippen molar-refractivity contribution in [2.24, 2.45) is 0 Å². The van der Waals surface area contributed by atoms with Crippen molar-refractivity contribution in [3.8, 4) is 5.75 Å². The highest BCUT2D eigenvalue weighted by Crippen LogP contribution is 2.27. The SMILES string of the molecule is O=C(O)CC1CSCCN1C(=O)c1cc(Br)ccc1O. The average molecular weight is 360 g/mol. The zero-order valence-corrected chi connectivity index (χ0v) is 13.0. The monoisotopic (exact) mass is 359 g/mol. The Morgan fingerprint density at radius 3 is 2.90 bits per heavy atom. The van der Waals surface area contributed by atoms with E-state index in [9.17, 15) is 14.7 Å². The standard InChI is InChI=1S/C13H14BrNO4S/c14-8-1-2-11(16)10(5-8)13(19)15-3-4-20-7-9(15)6-12(17)18/h1-2,5,9,16H,3-4,6-7H2,(H,17,18). The maximum absolute atomic E-state index is 12.5. The van der Waals surface area contributed by atoms with Gasteiger partial charge >= 0.3 is 5.97 Å². The fourth-order valence-electron chi connectivity index (χ4n) is 2.13. The van der Waals surface area contributed by atoms with Crippen LogP contribution in [0.25, 0.3) is 0 Å². The lowest BCUT2D eigenvalue weighted by Gasteiger charge is -2.34. The van der Waals surface area contributed by atoms with E-state index in [1.165, 1.54) is 6.07 Å². The molecule has 0 aromatic heterocycles. The Bertz CT molecular complexity index is 537. The molecule has 1 fully saturated rings. The maximum Gasteiger partial charge on any atom is 0.305 e. The number of carboxylic acid groups (broad SMARTS) is 1. The zero-order valence-electron chi connectivity index (χ0n) is 10.6. The van der Waals surface area contributed by atoms with Gasteiger partial charge in [0.05, 0.1) is 18.0 Å². The predicted octanol–water partition coefficient (Wildman–Crippen LogP) is 2.19. The summed E-state index contributed by atoms with van der Waals surface area (Å²) in [5, 5.41) is 18.7. The topological polar surface area (TPSA) is 77.8 Å². The molecule has 1 amide bonds. The minimum absolute atomic E-state index is 0.0759. The summed E-state index contributed by atoms with van der Waals surface area (Å²) < 4.78 is 0.694. The zero-order chi connectivity index (χ0) is 14.7. The molecule has 1 heterocycles. The molecule has 1 unspecified atom stereocenters. The molecule has 1 atom stereocenters. The molecule has 1 aliphatic heterocycles. The second kappa shape index (κ2) is 6.49. The highest BCUT2D eigenvalue weighted by Gasteiger charge is 2.30. The minimum Gasteiger partial charge on any atom is -0.507 e. The summed E-state index contributed by atoms with van der Waals surface area (Å²) in [6, 6.07) is 4.31. The summed E-state index contributed by atoms with van der Waals surface area (Å²) in [5.74, 6) is 0.0401. The Balaban J connectivity index is 2.25. The molecule has 0 bridgehead atoms. The van der Waals surface area contributed by atoms with Gasteiger partial charge in [-0.25, -0.2) is 0 Å². The Kier molecular flexibility index (Phi) is 4.93. The lowest BCUT2D eigenvalue weighted by atomic mass is 10.1. The molecule has 1 saturated heterocycles. The van der Waals surface area contributed by atoms with Gasteiger partial charge in [0.1, 0.15) is 5.75 Å². The molecular weight excluding hydrogens is 346 g/mol. The number of aliphatic carboxylic acids is 1. The van der Waals surface area contributed by atoms with Crippen LogP contribution in [0.5, 0.6) is 5.75 Å². The van der Waals surface area contributed by atoms with Crippen LogP contribution in [0.15, 0.2) is 22.7 Å². The second-order valence-electron chi connectivity index (χ2n) is 4.49. The fraction of sp³-hybridized carbons (Fsp3) is 0.385. The van der Waals surface area contributed by atoms with Gasteiger partial charge in [-0.2, -0.15) is 11.8 Å². The average Bonchev–Trinajstić information content (AvgIpc) is 2.41. The second-order valence-corrected chi connectivity index (χ2v) is 6.55. The minimum atomic E-state index is -0.922. The van der Waals surface area contributed by atoms with Gasteiger partial charge < -0.3 is 15.1 Å². The molecular formula is C13H14BrNO4S. The van der Waals surface area contributed by atoms with Crippen molar-refractivity contribution in [3.63, 3.8) is 0 Å². The van der Waals surface area contributed by atoms with Crippen molar-refractivity contribution in [1.29, 1.82) is 0 Å². The Hall–Kier alpha value is -1.21. The quantitative estimate of drug-likeness (QED) is 0.864. The molecule has 2 N–H and O–H groups in total. The fourth-order valence-corrected chi connectivity index (χ4v) is 3.55. The number of carbonyl (C=O) groups excluding carboxylic acids is 1. The van der Waals surface area contributed by atoms with Crippen LogP contribution in [0.2, 0.25) is 0 Å². The molecule has 7 heteroatoms. The first-order valence-corrected chi connectivity index (χ1v) is 8.03. The molecule has 0 saturated carbocycles. The summed E-state index contributed by atoms with van der Waals surface area (Å²) >= 11 is 4.90. The largest absolute Gasteiger partial charge is 0.507 e. The predicted molar refractivity (Wildman–Crippen MR) is 80.2 cm³/mol. The lowest BCUT2D eigenvalue weighted by Crippen LogP contribution is -2.47. The number of aromatic hydroxyl groups is 1. The third kappa shape index (κ3) is 3.46. The first-order valence-electron chi connectivity index (χ1n) is 6.08. The first-order chi connectivity index (χ1) is 9.49. The van der Waals surface area contributed by atoms with E-state index >= 15 is 0 Å². The van der Waals surface area contributed by atoms with Crippen molar-refractivity contribution < 1.29 is 19.8 Å². The van der Waals surface area contributed by atoms with Gasteiger partial charge in [0.2, 0.25) is 0 Å². The van der Waals surface area contributed by atoms with Crippen molar-refractivity contribution in [2.75, 3.05) is 18.1 Å². The van der Waals surface area contributed by atoms with E-state index in [-0.39, 0.29) is 29.7 Å².